The molecule has 1 amide bonds. The third-order valence-corrected chi connectivity index (χ3v) is 7.26. The Morgan fingerprint density at radius 3 is 2.32 bits per heavy atom. The van der Waals surface area contributed by atoms with Gasteiger partial charge in [-0.25, -0.2) is 8.42 Å². The molecule has 1 aromatic carbocycles. The summed E-state index contributed by atoms with van der Waals surface area (Å²) in [6.45, 7) is 4.33. The van der Waals surface area contributed by atoms with E-state index in [2.05, 4.69) is 15.1 Å². The first-order valence-electron chi connectivity index (χ1n) is 9.97. The van der Waals surface area contributed by atoms with E-state index >= 15 is 0 Å². The van der Waals surface area contributed by atoms with E-state index < -0.39 is 9.84 Å². The zero-order valence-corrected chi connectivity index (χ0v) is 17.0. The van der Waals surface area contributed by atoms with Crippen LogP contribution in [-0.4, -0.2) is 76.3 Å². The molecule has 2 fully saturated rings. The summed E-state index contributed by atoms with van der Waals surface area (Å²) in [5.41, 5.74) is 1.76. The van der Waals surface area contributed by atoms with E-state index in [4.69, 9.17) is 0 Å². The molecule has 1 aromatic rings. The predicted molar refractivity (Wildman–Crippen MR) is 109 cm³/mol. The maximum absolute atomic E-state index is 12.4. The van der Waals surface area contributed by atoms with Gasteiger partial charge in [0.05, 0.1) is 11.5 Å². The first-order valence-corrected chi connectivity index (χ1v) is 11.8. The molecule has 2 saturated heterocycles. The Morgan fingerprint density at radius 1 is 1.07 bits per heavy atom. The van der Waals surface area contributed by atoms with Crippen LogP contribution in [0.5, 0.6) is 0 Å². The summed E-state index contributed by atoms with van der Waals surface area (Å²) in [6, 6.07) is 7.55. The molecular formula is C20H29N3O4S. The van der Waals surface area contributed by atoms with E-state index in [1.54, 1.807) is 0 Å². The molecule has 0 atom stereocenters. The van der Waals surface area contributed by atoms with Gasteiger partial charge >= 0.3 is 0 Å². The minimum atomic E-state index is -2.83. The highest BCUT2D eigenvalue weighted by Gasteiger charge is 2.25. The summed E-state index contributed by atoms with van der Waals surface area (Å²) in [5.74, 6) is 0.661. The molecule has 0 radical (unpaired) electrons. The van der Waals surface area contributed by atoms with Crippen LogP contribution in [0.4, 0.5) is 5.69 Å². The second-order valence-corrected chi connectivity index (χ2v) is 9.91. The van der Waals surface area contributed by atoms with Crippen molar-refractivity contribution < 1.29 is 18.0 Å². The zero-order valence-electron chi connectivity index (χ0n) is 16.2. The molecule has 0 aliphatic carbocycles. The highest BCUT2D eigenvalue weighted by atomic mass is 32.2. The lowest BCUT2D eigenvalue weighted by Gasteiger charge is -2.33. The molecule has 3 rings (SSSR count). The van der Waals surface area contributed by atoms with E-state index in [0.29, 0.717) is 25.2 Å². The molecule has 28 heavy (non-hydrogen) atoms. The van der Waals surface area contributed by atoms with Crippen LogP contribution in [0, 0.1) is 5.92 Å². The lowest BCUT2D eigenvalue weighted by Crippen LogP contribution is -2.43. The number of piperidine rings is 1. The van der Waals surface area contributed by atoms with E-state index in [1.165, 1.54) is 0 Å². The fourth-order valence-corrected chi connectivity index (χ4v) is 5.07. The van der Waals surface area contributed by atoms with Gasteiger partial charge in [-0.15, -0.1) is 0 Å². The number of hydrogen-bond donors (Lipinski definition) is 1. The molecule has 2 heterocycles. The molecule has 0 bridgehead atoms. The van der Waals surface area contributed by atoms with Gasteiger partial charge in [0.15, 0.2) is 9.84 Å². The van der Waals surface area contributed by atoms with Gasteiger partial charge in [0.2, 0.25) is 5.91 Å². The molecular weight excluding hydrogens is 378 g/mol. The number of aldehydes is 1. The van der Waals surface area contributed by atoms with Gasteiger partial charge < -0.3 is 15.1 Å². The number of hydrogen-bond acceptors (Lipinski definition) is 6. The van der Waals surface area contributed by atoms with Gasteiger partial charge in [0, 0.05) is 49.9 Å². The first-order chi connectivity index (χ1) is 13.5. The van der Waals surface area contributed by atoms with Crippen molar-refractivity contribution in [1.29, 1.82) is 0 Å². The summed E-state index contributed by atoms with van der Waals surface area (Å²) in [5, 5.41) is 3.04. The van der Waals surface area contributed by atoms with E-state index in [1.807, 2.05) is 24.3 Å². The van der Waals surface area contributed by atoms with Gasteiger partial charge in [-0.05, 0) is 50.1 Å². The van der Waals surface area contributed by atoms with Crippen LogP contribution in [0.1, 0.15) is 29.6 Å². The van der Waals surface area contributed by atoms with Crippen LogP contribution in [0.25, 0.3) is 0 Å². The molecule has 0 aromatic heterocycles. The molecule has 8 heteroatoms. The smallest absolute Gasteiger partial charge is 0.223 e. The third-order valence-electron chi connectivity index (χ3n) is 5.65. The van der Waals surface area contributed by atoms with E-state index in [9.17, 15) is 18.0 Å². The van der Waals surface area contributed by atoms with Crippen molar-refractivity contribution in [3.8, 4) is 0 Å². The van der Waals surface area contributed by atoms with Gasteiger partial charge in [-0.1, -0.05) is 0 Å². The van der Waals surface area contributed by atoms with Gasteiger partial charge in [0.25, 0.3) is 0 Å². The number of amides is 1. The molecule has 1 N–H and O–H groups in total. The molecule has 2 aliphatic heterocycles. The average molecular weight is 408 g/mol. The number of carbonyl (C=O) groups excluding carboxylic acids is 2. The van der Waals surface area contributed by atoms with E-state index in [-0.39, 0.29) is 23.3 Å². The van der Waals surface area contributed by atoms with Gasteiger partial charge in [0.1, 0.15) is 6.29 Å². The minimum Gasteiger partial charge on any atom is -0.371 e. The fourth-order valence-electron chi connectivity index (χ4n) is 3.80. The summed E-state index contributed by atoms with van der Waals surface area (Å²) in [4.78, 5) is 27.6. The van der Waals surface area contributed by atoms with Gasteiger partial charge in [-0.3, -0.25) is 9.59 Å². The fraction of sp³-hybridized carbons (Fsp3) is 0.600. The first kappa shape index (κ1) is 20.8. The van der Waals surface area contributed by atoms with Crippen molar-refractivity contribution in [3.05, 3.63) is 29.8 Å². The lowest BCUT2D eigenvalue weighted by molar-refractivity contribution is -0.125. The molecule has 2 aliphatic rings. The lowest BCUT2D eigenvalue weighted by atomic mass is 9.95. The number of benzene rings is 1. The van der Waals surface area contributed by atoms with Crippen molar-refractivity contribution in [2.24, 2.45) is 5.92 Å². The summed E-state index contributed by atoms with van der Waals surface area (Å²) < 4.78 is 22.9. The number of anilines is 1. The quantitative estimate of drug-likeness (QED) is 0.535. The second kappa shape index (κ2) is 9.52. The zero-order chi connectivity index (χ0) is 20.0. The maximum atomic E-state index is 12.4. The molecule has 0 unspecified atom stereocenters. The predicted octanol–water partition coefficient (Wildman–Crippen LogP) is 0.952. The molecule has 7 nitrogen and oxygen atoms in total. The highest BCUT2D eigenvalue weighted by molar-refractivity contribution is 7.91. The van der Waals surface area contributed by atoms with Crippen molar-refractivity contribution >= 4 is 27.7 Å². The Morgan fingerprint density at radius 2 is 1.71 bits per heavy atom. The molecule has 0 spiro atoms. The third kappa shape index (κ3) is 5.78. The Balaban J connectivity index is 1.33. The standard InChI is InChI=1S/C20H29N3O4S/c24-16-17-2-4-19(5-3-17)23-10-6-18(7-11-23)20(25)21-8-1-9-22-12-14-28(26,27)15-13-22/h2-5,16,18H,1,6-15H2,(H,21,25). The maximum Gasteiger partial charge on any atom is 0.223 e. The van der Waals surface area contributed by atoms with Crippen LogP contribution in [-0.2, 0) is 14.6 Å². The average Bonchev–Trinajstić information content (AvgIpc) is 2.72. The molecule has 154 valence electrons. The van der Waals surface area contributed by atoms with Crippen molar-refractivity contribution in [2.45, 2.75) is 19.3 Å². The van der Waals surface area contributed by atoms with Crippen LogP contribution >= 0.6 is 0 Å². The number of sulfone groups is 1. The number of carbonyl (C=O) groups is 2. The highest BCUT2D eigenvalue weighted by Crippen LogP contribution is 2.23. The topological polar surface area (TPSA) is 86.8 Å². The number of nitrogens with one attached hydrogen (secondary N) is 1. The largest absolute Gasteiger partial charge is 0.371 e. The minimum absolute atomic E-state index is 0.0469. The van der Waals surface area contributed by atoms with Crippen molar-refractivity contribution in [1.82, 2.24) is 10.2 Å². The second-order valence-electron chi connectivity index (χ2n) is 7.61. The Kier molecular flexibility index (Phi) is 7.07. The SMILES string of the molecule is O=Cc1ccc(N2CCC(C(=O)NCCCN3CCS(=O)(=O)CC3)CC2)cc1. The normalized spacial score (nSPS) is 20.6. The van der Waals surface area contributed by atoms with Crippen molar-refractivity contribution in [2.75, 3.05) is 55.7 Å². The van der Waals surface area contributed by atoms with Crippen LogP contribution in [0.15, 0.2) is 24.3 Å². The number of nitrogens with zero attached hydrogens (tertiary/aromatic N) is 2. The molecule has 0 saturated carbocycles. The van der Waals surface area contributed by atoms with Crippen LogP contribution < -0.4 is 10.2 Å². The van der Waals surface area contributed by atoms with Crippen LogP contribution in [0.3, 0.4) is 0 Å². The Hall–Kier alpha value is -1.93. The summed E-state index contributed by atoms with van der Waals surface area (Å²) in [6.07, 6.45) is 3.33. The monoisotopic (exact) mass is 407 g/mol. The number of rotatable bonds is 7. The van der Waals surface area contributed by atoms with Crippen LogP contribution in [0.2, 0.25) is 0 Å². The summed E-state index contributed by atoms with van der Waals surface area (Å²) in [7, 11) is -2.83. The summed E-state index contributed by atoms with van der Waals surface area (Å²) >= 11 is 0. The van der Waals surface area contributed by atoms with Gasteiger partial charge in [-0.2, -0.15) is 0 Å². The van der Waals surface area contributed by atoms with E-state index in [0.717, 1.165) is 50.9 Å². The Bertz CT molecular complexity index is 757. The Labute approximate surface area is 167 Å². The van der Waals surface area contributed by atoms with Crippen molar-refractivity contribution in [3.63, 3.8) is 0 Å².